The van der Waals surface area contributed by atoms with Crippen LogP contribution in [0.5, 0.6) is 0 Å². The Morgan fingerprint density at radius 1 is 1.35 bits per heavy atom. The largest absolute Gasteiger partial charge is 0.466 e. The summed E-state index contributed by atoms with van der Waals surface area (Å²) in [5.74, 6) is 0.0799. The smallest absolute Gasteiger partial charge is 0.333 e. The van der Waals surface area contributed by atoms with Gasteiger partial charge < -0.3 is 9.84 Å². The number of nitriles is 1. The van der Waals surface area contributed by atoms with Crippen molar-refractivity contribution in [2.75, 3.05) is 7.11 Å². The van der Waals surface area contributed by atoms with Gasteiger partial charge in [0.25, 0.3) is 0 Å². The maximum Gasteiger partial charge on any atom is 0.333 e. The highest BCUT2D eigenvalue weighted by Gasteiger charge is 2.62. The van der Waals surface area contributed by atoms with E-state index < -0.39 is 11.0 Å². The Balaban J connectivity index is 1.99. The van der Waals surface area contributed by atoms with Crippen LogP contribution in [0.15, 0.2) is 11.6 Å². The fraction of sp³-hybridized carbons (Fsp3) is 0.750. The topological polar surface area (TPSA) is 70.3 Å². The van der Waals surface area contributed by atoms with Crippen molar-refractivity contribution in [1.29, 1.82) is 5.26 Å². The highest BCUT2D eigenvalue weighted by Crippen LogP contribution is 2.67. The third-order valence-corrected chi connectivity index (χ3v) is 5.35. The molecule has 4 saturated carbocycles. The minimum absolute atomic E-state index is 0.206. The predicted octanol–water partition coefficient (Wildman–Crippen LogP) is 2.33. The summed E-state index contributed by atoms with van der Waals surface area (Å²) in [4.78, 5) is 11.6. The number of hydrogen-bond donors (Lipinski definition) is 1. The average molecular weight is 275 g/mol. The van der Waals surface area contributed by atoms with Gasteiger partial charge in [-0.15, -0.1) is 0 Å². The van der Waals surface area contributed by atoms with Gasteiger partial charge in [-0.2, -0.15) is 5.26 Å². The van der Waals surface area contributed by atoms with E-state index in [0.717, 1.165) is 25.7 Å². The molecule has 0 aliphatic heterocycles. The lowest BCUT2D eigenvalue weighted by molar-refractivity contribution is -0.169. The molecule has 108 valence electrons. The molecule has 0 amide bonds. The van der Waals surface area contributed by atoms with Gasteiger partial charge in [-0.1, -0.05) is 6.08 Å². The number of ether oxygens (including phenoxy) is 1. The van der Waals surface area contributed by atoms with Crippen molar-refractivity contribution in [2.45, 2.75) is 51.0 Å². The fourth-order valence-electron chi connectivity index (χ4n) is 5.43. The Labute approximate surface area is 119 Å². The van der Waals surface area contributed by atoms with Crippen molar-refractivity contribution in [1.82, 2.24) is 0 Å². The highest BCUT2D eigenvalue weighted by molar-refractivity contribution is 5.87. The molecule has 4 heteroatoms. The number of esters is 1. The molecular formula is C16H21NO3. The molecule has 0 aromatic rings. The lowest BCUT2D eigenvalue weighted by Crippen LogP contribution is -2.59. The van der Waals surface area contributed by atoms with Gasteiger partial charge in [-0.05, 0) is 56.8 Å². The molecule has 4 aliphatic rings. The summed E-state index contributed by atoms with van der Waals surface area (Å²) in [5, 5.41) is 20.4. The van der Waals surface area contributed by atoms with Crippen molar-refractivity contribution in [3.05, 3.63) is 11.6 Å². The number of aliphatic hydroxyl groups is 1. The second kappa shape index (κ2) is 4.08. The van der Waals surface area contributed by atoms with Crippen LogP contribution in [0.4, 0.5) is 0 Å². The van der Waals surface area contributed by atoms with E-state index in [1.54, 1.807) is 6.92 Å². The van der Waals surface area contributed by atoms with Gasteiger partial charge in [-0.25, -0.2) is 4.79 Å². The van der Waals surface area contributed by atoms with E-state index in [9.17, 15) is 15.2 Å². The van der Waals surface area contributed by atoms with Gasteiger partial charge in [0.1, 0.15) is 0 Å². The molecule has 0 radical (unpaired) electrons. The molecule has 4 rings (SSSR count). The van der Waals surface area contributed by atoms with Crippen molar-refractivity contribution in [3.63, 3.8) is 0 Å². The Kier molecular flexibility index (Phi) is 2.78. The van der Waals surface area contributed by atoms with Crippen LogP contribution in [0.3, 0.4) is 0 Å². The van der Waals surface area contributed by atoms with Crippen molar-refractivity contribution in [3.8, 4) is 6.07 Å². The van der Waals surface area contributed by atoms with Crippen LogP contribution in [0.1, 0.15) is 45.4 Å². The molecule has 4 nitrogen and oxygen atoms in total. The van der Waals surface area contributed by atoms with Gasteiger partial charge in [0.2, 0.25) is 0 Å². The van der Waals surface area contributed by atoms with Crippen LogP contribution in [-0.2, 0) is 9.53 Å². The molecular weight excluding hydrogens is 254 g/mol. The first-order valence-electron chi connectivity index (χ1n) is 7.25. The van der Waals surface area contributed by atoms with Gasteiger partial charge >= 0.3 is 5.97 Å². The minimum atomic E-state index is -0.720. The molecule has 4 unspecified atom stereocenters. The number of carbonyl (C=O) groups is 1. The maximum atomic E-state index is 11.6. The van der Waals surface area contributed by atoms with E-state index in [2.05, 4.69) is 6.07 Å². The normalized spacial score (nSPS) is 46.1. The second-order valence-electron chi connectivity index (χ2n) is 7.31. The van der Waals surface area contributed by atoms with Crippen molar-refractivity contribution in [2.24, 2.45) is 16.7 Å². The first-order chi connectivity index (χ1) is 9.33. The number of carbonyl (C=O) groups excluding carboxylic acids is 1. The molecule has 1 N–H and O–H groups in total. The highest BCUT2D eigenvalue weighted by atomic mass is 16.5. The molecule has 4 atom stereocenters. The van der Waals surface area contributed by atoms with Crippen LogP contribution in [-0.4, -0.2) is 23.8 Å². The standard InChI is InChI=1S/C16H21NO3/c1-11(13(18)20-2)3-14-4-12-5-15(7-14,10-17)9-16(19,6-12)8-14/h3,12,19H,4-9H2,1-2H3/b11-3+. The van der Waals surface area contributed by atoms with Crippen LogP contribution in [0.2, 0.25) is 0 Å². The minimum Gasteiger partial charge on any atom is -0.466 e. The van der Waals surface area contributed by atoms with Gasteiger partial charge in [-0.3, -0.25) is 0 Å². The molecule has 0 aromatic carbocycles. The van der Waals surface area contributed by atoms with Crippen LogP contribution >= 0.6 is 0 Å². The number of rotatable bonds is 2. The summed E-state index contributed by atoms with van der Waals surface area (Å²) in [5.41, 5.74) is -0.739. The van der Waals surface area contributed by atoms with Crippen molar-refractivity contribution < 1.29 is 14.6 Å². The maximum absolute atomic E-state index is 11.6. The third kappa shape index (κ3) is 1.96. The summed E-state index contributed by atoms with van der Waals surface area (Å²) in [7, 11) is 1.38. The predicted molar refractivity (Wildman–Crippen MR) is 72.4 cm³/mol. The zero-order valence-corrected chi connectivity index (χ0v) is 12.1. The van der Waals surface area contributed by atoms with E-state index in [1.165, 1.54) is 7.11 Å². The second-order valence-corrected chi connectivity index (χ2v) is 7.31. The Morgan fingerprint density at radius 3 is 2.70 bits per heavy atom. The summed E-state index contributed by atoms with van der Waals surface area (Å²) in [6.45, 7) is 1.76. The van der Waals surface area contributed by atoms with E-state index in [4.69, 9.17) is 4.74 Å². The fourth-order valence-corrected chi connectivity index (χ4v) is 5.43. The summed E-state index contributed by atoms with van der Waals surface area (Å²) >= 11 is 0. The summed E-state index contributed by atoms with van der Waals surface area (Å²) < 4.78 is 4.77. The monoisotopic (exact) mass is 275 g/mol. The van der Waals surface area contributed by atoms with Crippen molar-refractivity contribution >= 4 is 5.97 Å². The molecule has 4 aliphatic carbocycles. The molecule has 0 heterocycles. The molecule has 0 aromatic heterocycles. The Morgan fingerprint density at radius 2 is 2.10 bits per heavy atom. The van der Waals surface area contributed by atoms with Gasteiger partial charge in [0, 0.05) is 5.57 Å². The molecule has 20 heavy (non-hydrogen) atoms. The average Bonchev–Trinajstić information content (AvgIpc) is 2.34. The van der Waals surface area contributed by atoms with E-state index in [0.29, 0.717) is 24.3 Å². The van der Waals surface area contributed by atoms with Gasteiger partial charge in [0.05, 0.1) is 24.2 Å². The zero-order valence-electron chi connectivity index (χ0n) is 12.1. The quantitative estimate of drug-likeness (QED) is 0.620. The van der Waals surface area contributed by atoms with E-state index >= 15 is 0 Å². The number of hydrogen-bond acceptors (Lipinski definition) is 4. The van der Waals surface area contributed by atoms with E-state index in [-0.39, 0.29) is 11.4 Å². The molecule has 4 fully saturated rings. The summed E-state index contributed by atoms with van der Waals surface area (Å²) in [6.07, 6.45) is 6.70. The van der Waals surface area contributed by atoms with Crippen LogP contribution in [0, 0.1) is 28.1 Å². The molecule has 0 spiro atoms. The number of allylic oxidation sites excluding steroid dienone is 1. The third-order valence-electron chi connectivity index (χ3n) is 5.35. The first kappa shape index (κ1) is 13.6. The lowest BCUT2D eigenvalue weighted by Gasteiger charge is -2.62. The molecule has 4 bridgehead atoms. The summed E-state index contributed by atoms with van der Waals surface area (Å²) in [6, 6.07) is 2.47. The first-order valence-corrected chi connectivity index (χ1v) is 7.25. The number of methoxy groups -OCH3 is 1. The van der Waals surface area contributed by atoms with E-state index in [1.807, 2.05) is 6.08 Å². The Bertz CT molecular complexity index is 534. The SMILES string of the molecule is COC(=O)/C(C)=C/C12CC3CC(O)(CC(C#N)(C3)C1)C2. The molecule has 0 saturated heterocycles. The number of nitrogens with zero attached hydrogens (tertiary/aromatic N) is 1. The van der Waals surface area contributed by atoms with Crippen LogP contribution in [0.25, 0.3) is 0 Å². The lowest BCUT2D eigenvalue weighted by atomic mass is 9.43. The zero-order chi connectivity index (χ0) is 14.6. The van der Waals surface area contributed by atoms with Gasteiger partial charge in [0.15, 0.2) is 0 Å². The Hall–Kier alpha value is -1.34. The van der Waals surface area contributed by atoms with Crippen LogP contribution < -0.4 is 0 Å².